The highest BCUT2D eigenvalue weighted by atomic mass is 16.3. The van der Waals surface area contributed by atoms with Crippen LogP contribution in [0.1, 0.15) is 12.6 Å². The summed E-state index contributed by atoms with van der Waals surface area (Å²) in [5.74, 6) is 0.707. The predicted octanol–water partition coefficient (Wildman–Crippen LogP) is 2.14. The molecule has 1 aromatic carbocycles. The van der Waals surface area contributed by atoms with Crippen molar-refractivity contribution < 1.29 is 4.42 Å². The van der Waals surface area contributed by atoms with Crippen LogP contribution in [0.3, 0.4) is 0 Å². The van der Waals surface area contributed by atoms with Gasteiger partial charge in [0.25, 0.3) is 0 Å². The lowest BCUT2D eigenvalue weighted by molar-refractivity contribution is 0.197. The van der Waals surface area contributed by atoms with Crippen LogP contribution in [0.2, 0.25) is 0 Å². The van der Waals surface area contributed by atoms with Crippen molar-refractivity contribution in [2.75, 3.05) is 19.6 Å². The van der Waals surface area contributed by atoms with Gasteiger partial charge in [-0.05, 0) is 19.1 Å². The normalized spacial score (nSPS) is 20.6. The standard InChI is InChI=1S/C15H19N3O/c1-12-9-18(8-7-16-12)10-14-11-19-15(17-14)13-5-3-2-4-6-13/h2-6,11-12,16H,7-10H2,1H3. The minimum atomic E-state index is 0.550. The predicted molar refractivity (Wildman–Crippen MR) is 74.7 cm³/mol. The lowest BCUT2D eigenvalue weighted by atomic mass is 10.2. The van der Waals surface area contributed by atoms with Crippen LogP contribution in [-0.2, 0) is 6.54 Å². The molecule has 1 aliphatic rings. The quantitative estimate of drug-likeness (QED) is 0.914. The third-order valence-corrected chi connectivity index (χ3v) is 3.41. The summed E-state index contributed by atoms with van der Waals surface area (Å²) in [4.78, 5) is 6.98. The van der Waals surface area contributed by atoms with Gasteiger partial charge in [-0.2, -0.15) is 0 Å². The van der Waals surface area contributed by atoms with Crippen molar-refractivity contribution in [2.45, 2.75) is 19.5 Å². The van der Waals surface area contributed by atoms with Gasteiger partial charge < -0.3 is 9.73 Å². The Labute approximate surface area is 113 Å². The monoisotopic (exact) mass is 257 g/mol. The molecule has 3 rings (SSSR count). The molecule has 1 aromatic heterocycles. The van der Waals surface area contributed by atoms with E-state index in [4.69, 9.17) is 4.42 Å². The second kappa shape index (κ2) is 5.55. The van der Waals surface area contributed by atoms with Crippen molar-refractivity contribution in [2.24, 2.45) is 0 Å². The summed E-state index contributed by atoms with van der Waals surface area (Å²) in [5.41, 5.74) is 2.04. The van der Waals surface area contributed by atoms with Gasteiger partial charge in [0, 0.05) is 37.8 Å². The first-order chi connectivity index (χ1) is 9.31. The van der Waals surface area contributed by atoms with Gasteiger partial charge >= 0.3 is 0 Å². The van der Waals surface area contributed by atoms with E-state index in [0.29, 0.717) is 11.9 Å². The summed E-state index contributed by atoms with van der Waals surface area (Å²) in [6.07, 6.45) is 1.77. The van der Waals surface area contributed by atoms with Crippen molar-refractivity contribution >= 4 is 0 Å². The molecule has 100 valence electrons. The highest BCUT2D eigenvalue weighted by molar-refractivity contribution is 5.52. The molecule has 0 spiro atoms. The molecule has 1 fully saturated rings. The SMILES string of the molecule is CC1CN(Cc2coc(-c3ccccc3)n2)CCN1. The summed E-state index contributed by atoms with van der Waals surface area (Å²) in [7, 11) is 0. The van der Waals surface area contributed by atoms with E-state index < -0.39 is 0 Å². The maximum atomic E-state index is 5.57. The van der Waals surface area contributed by atoms with Gasteiger partial charge in [-0.1, -0.05) is 18.2 Å². The van der Waals surface area contributed by atoms with E-state index in [9.17, 15) is 0 Å². The first-order valence-corrected chi connectivity index (χ1v) is 6.77. The van der Waals surface area contributed by atoms with Crippen molar-refractivity contribution in [3.8, 4) is 11.5 Å². The second-order valence-electron chi connectivity index (χ2n) is 5.10. The highest BCUT2D eigenvalue weighted by Crippen LogP contribution is 2.18. The molecule has 0 amide bonds. The third-order valence-electron chi connectivity index (χ3n) is 3.41. The van der Waals surface area contributed by atoms with Crippen molar-refractivity contribution in [3.63, 3.8) is 0 Å². The van der Waals surface area contributed by atoms with E-state index in [-0.39, 0.29) is 0 Å². The Morgan fingerprint density at radius 2 is 2.21 bits per heavy atom. The number of nitrogens with one attached hydrogen (secondary N) is 1. The largest absolute Gasteiger partial charge is 0.444 e. The van der Waals surface area contributed by atoms with Crippen LogP contribution in [0, 0.1) is 0 Å². The Hall–Kier alpha value is -1.65. The Balaban J connectivity index is 1.68. The zero-order valence-corrected chi connectivity index (χ0v) is 11.2. The van der Waals surface area contributed by atoms with E-state index in [1.54, 1.807) is 6.26 Å². The molecular formula is C15H19N3O. The Morgan fingerprint density at radius 3 is 3.00 bits per heavy atom. The number of piperazine rings is 1. The Morgan fingerprint density at radius 1 is 1.37 bits per heavy atom. The number of rotatable bonds is 3. The minimum Gasteiger partial charge on any atom is -0.444 e. The summed E-state index contributed by atoms with van der Waals surface area (Å²) in [5, 5.41) is 3.44. The van der Waals surface area contributed by atoms with Crippen molar-refractivity contribution in [1.82, 2.24) is 15.2 Å². The van der Waals surface area contributed by atoms with Crippen LogP contribution in [-0.4, -0.2) is 35.6 Å². The number of aromatic nitrogens is 1. The average Bonchev–Trinajstić information content (AvgIpc) is 2.88. The lowest BCUT2D eigenvalue weighted by Crippen LogP contribution is -2.48. The Kier molecular flexibility index (Phi) is 3.62. The minimum absolute atomic E-state index is 0.550. The molecule has 1 unspecified atom stereocenters. The Bertz CT molecular complexity index is 523. The van der Waals surface area contributed by atoms with Gasteiger partial charge in [-0.15, -0.1) is 0 Å². The first kappa shape index (κ1) is 12.4. The fraction of sp³-hybridized carbons (Fsp3) is 0.400. The number of nitrogens with zero attached hydrogens (tertiary/aromatic N) is 2. The summed E-state index contributed by atoms with van der Waals surface area (Å²) >= 11 is 0. The van der Waals surface area contributed by atoms with Crippen LogP contribution >= 0.6 is 0 Å². The van der Waals surface area contributed by atoms with Gasteiger partial charge in [-0.25, -0.2) is 4.98 Å². The summed E-state index contributed by atoms with van der Waals surface area (Å²) in [6, 6.07) is 10.6. The van der Waals surface area contributed by atoms with E-state index >= 15 is 0 Å². The van der Waals surface area contributed by atoms with Crippen molar-refractivity contribution in [1.29, 1.82) is 0 Å². The van der Waals surface area contributed by atoms with Gasteiger partial charge in [0.15, 0.2) is 0 Å². The van der Waals surface area contributed by atoms with Gasteiger partial charge in [-0.3, -0.25) is 4.90 Å². The van der Waals surface area contributed by atoms with Crippen LogP contribution in [0.4, 0.5) is 0 Å². The zero-order chi connectivity index (χ0) is 13.1. The molecule has 0 radical (unpaired) electrons. The molecule has 0 saturated carbocycles. The molecule has 1 atom stereocenters. The average molecular weight is 257 g/mol. The van der Waals surface area contributed by atoms with E-state index in [2.05, 4.69) is 22.1 Å². The molecule has 1 N–H and O–H groups in total. The number of hydrogen-bond acceptors (Lipinski definition) is 4. The first-order valence-electron chi connectivity index (χ1n) is 6.77. The van der Waals surface area contributed by atoms with Gasteiger partial charge in [0.1, 0.15) is 6.26 Å². The maximum Gasteiger partial charge on any atom is 0.226 e. The van der Waals surface area contributed by atoms with E-state index in [1.165, 1.54) is 0 Å². The summed E-state index contributed by atoms with van der Waals surface area (Å²) in [6.45, 7) is 6.25. The van der Waals surface area contributed by atoms with Gasteiger partial charge in [0.2, 0.25) is 5.89 Å². The van der Waals surface area contributed by atoms with Crippen molar-refractivity contribution in [3.05, 3.63) is 42.3 Å². The molecule has 4 heteroatoms. The van der Waals surface area contributed by atoms with E-state index in [0.717, 1.165) is 37.4 Å². The van der Waals surface area contributed by atoms with Crippen LogP contribution in [0.25, 0.3) is 11.5 Å². The molecule has 0 bridgehead atoms. The molecule has 1 saturated heterocycles. The lowest BCUT2D eigenvalue weighted by Gasteiger charge is -2.31. The number of oxazole rings is 1. The molecule has 1 aliphatic heterocycles. The summed E-state index contributed by atoms with van der Waals surface area (Å²) < 4.78 is 5.57. The number of hydrogen-bond donors (Lipinski definition) is 1. The fourth-order valence-electron chi connectivity index (χ4n) is 2.48. The zero-order valence-electron chi connectivity index (χ0n) is 11.2. The van der Waals surface area contributed by atoms with E-state index in [1.807, 2.05) is 30.3 Å². The maximum absolute atomic E-state index is 5.57. The van der Waals surface area contributed by atoms with Crippen LogP contribution < -0.4 is 5.32 Å². The fourth-order valence-corrected chi connectivity index (χ4v) is 2.48. The third kappa shape index (κ3) is 3.03. The second-order valence-corrected chi connectivity index (χ2v) is 5.10. The number of benzene rings is 1. The topological polar surface area (TPSA) is 41.3 Å². The van der Waals surface area contributed by atoms with Crippen LogP contribution in [0.15, 0.2) is 41.0 Å². The molecular weight excluding hydrogens is 238 g/mol. The molecule has 0 aliphatic carbocycles. The van der Waals surface area contributed by atoms with Gasteiger partial charge in [0.05, 0.1) is 5.69 Å². The highest BCUT2D eigenvalue weighted by Gasteiger charge is 2.17. The molecule has 2 heterocycles. The molecule has 2 aromatic rings. The molecule has 19 heavy (non-hydrogen) atoms. The smallest absolute Gasteiger partial charge is 0.226 e. The van der Waals surface area contributed by atoms with Crippen LogP contribution in [0.5, 0.6) is 0 Å². The molecule has 4 nitrogen and oxygen atoms in total.